The molecular formula is C6H10N2O. The molecule has 0 bridgehead atoms. The molecule has 0 amide bonds. The number of ether oxygens (including phenoxy) is 1. The molecule has 0 aromatic rings. The Labute approximate surface area is 55.0 Å². The molecule has 0 heterocycles. The van der Waals surface area contributed by atoms with Crippen LogP contribution < -0.4 is 0 Å². The van der Waals surface area contributed by atoms with E-state index in [-0.39, 0.29) is 6.42 Å². The second-order valence-electron chi connectivity index (χ2n) is 1.39. The minimum absolute atomic E-state index is 0.268. The second-order valence-corrected chi connectivity index (χ2v) is 1.39. The van der Waals surface area contributed by atoms with Crippen LogP contribution in [0, 0.1) is 11.3 Å². The van der Waals surface area contributed by atoms with Crippen molar-refractivity contribution >= 4 is 5.90 Å². The van der Waals surface area contributed by atoms with E-state index < -0.39 is 0 Å². The zero-order valence-corrected chi connectivity index (χ0v) is 5.72. The lowest BCUT2D eigenvalue weighted by atomic mass is 10.5. The number of hydrogen-bond donors (Lipinski definition) is 0. The molecule has 0 aromatic heterocycles. The highest BCUT2D eigenvalue weighted by molar-refractivity contribution is 5.77. The highest BCUT2D eigenvalue weighted by atomic mass is 16.5. The predicted octanol–water partition coefficient (Wildman–Crippen LogP) is 0.965. The van der Waals surface area contributed by atoms with Crippen molar-refractivity contribution in [2.24, 2.45) is 4.99 Å². The van der Waals surface area contributed by atoms with Crippen LogP contribution in [0.3, 0.4) is 0 Å². The monoisotopic (exact) mass is 126 g/mol. The first-order valence-corrected chi connectivity index (χ1v) is 2.80. The van der Waals surface area contributed by atoms with E-state index >= 15 is 0 Å². The lowest BCUT2D eigenvalue weighted by molar-refractivity contribution is 0.320. The van der Waals surface area contributed by atoms with Gasteiger partial charge in [0.1, 0.15) is 6.42 Å². The standard InChI is InChI=1S/C6H10N2O/c1-3-9-6(8-2)4-5-7/h3-4H2,1-2H3. The fourth-order valence-electron chi connectivity index (χ4n) is 0.429. The molecule has 0 saturated carbocycles. The van der Waals surface area contributed by atoms with Gasteiger partial charge in [-0.05, 0) is 6.92 Å². The Bertz CT molecular complexity index is 134. The van der Waals surface area contributed by atoms with Crippen molar-refractivity contribution in [2.45, 2.75) is 13.3 Å². The van der Waals surface area contributed by atoms with E-state index in [2.05, 4.69) is 4.99 Å². The number of aliphatic imine (C=N–C) groups is 1. The van der Waals surface area contributed by atoms with Gasteiger partial charge in [0.15, 0.2) is 5.90 Å². The van der Waals surface area contributed by atoms with Crippen molar-refractivity contribution in [3.63, 3.8) is 0 Å². The quantitative estimate of drug-likeness (QED) is 0.408. The van der Waals surface area contributed by atoms with E-state index in [0.29, 0.717) is 12.5 Å². The van der Waals surface area contributed by atoms with Gasteiger partial charge in [-0.3, -0.25) is 4.99 Å². The average Bonchev–Trinajstić information content (AvgIpc) is 1.88. The van der Waals surface area contributed by atoms with E-state index in [0.717, 1.165) is 0 Å². The third kappa shape index (κ3) is 3.53. The first-order valence-electron chi connectivity index (χ1n) is 2.80. The van der Waals surface area contributed by atoms with Crippen molar-refractivity contribution in [2.75, 3.05) is 13.7 Å². The Hall–Kier alpha value is -1.04. The predicted molar refractivity (Wildman–Crippen MR) is 35.2 cm³/mol. The maximum atomic E-state index is 8.18. The van der Waals surface area contributed by atoms with Gasteiger partial charge in [0.05, 0.1) is 12.7 Å². The molecule has 9 heavy (non-hydrogen) atoms. The van der Waals surface area contributed by atoms with Crippen LogP contribution in [0.4, 0.5) is 0 Å². The summed E-state index contributed by atoms with van der Waals surface area (Å²) in [6, 6.07) is 1.95. The van der Waals surface area contributed by atoms with Gasteiger partial charge in [-0.1, -0.05) is 0 Å². The zero-order chi connectivity index (χ0) is 7.11. The van der Waals surface area contributed by atoms with E-state index in [1.54, 1.807) is 7.05 Å². The maximum absolute atomic E-state index is 8.18. The third-order valence-electron chi connectivity index (χ3n) is 0.791. The number of nitriles is 1. The fraction of sp³-hybridized carbons (Fsp3) is 0.667. The molecule has 0 radical (unpaired) electrons. The SMILES string of the molecule is CCOC(CC#N)=NC. The van der Waals surface area contributed by atoms with Crippen molar-refractivity contribution in [3.05, 3.63) is 0 Å². The van der Waals surface area contributed by atoms with Crippen molar-refractivity contribution in [1.29, 1.82) is 5.26 Å². The molecule has 3 nitrogen and oxygen atoms in total. The highest BCUT2D eigenvalue weighted by Crippen LogP contribution is 1.86. The van der Waals surface area contributed by atoms with Crippen LogP contribution in [-0.2, 0) is 4.74 Å². The summed E-state index contributed by atoms with van der Waals surface area (Å²) >= 11 is 0. The molecule has 0 N–H and O–H groups in total. The lowest BCUT2D eigenvalue weighted by Crippen LogP contribution is -2.02. The Balaban J connectivity index is 3.59. The van der Waals surface area contributed by atoms with Crippen LogP contribution in [0.15, 0.2) is 4.99 Å². The minimum atomic E-state index is 0.268. The van der Waals surface area contributed by atoms with Crippen LogP contribution in [0.25, 0.3) is 0 Å². The average molecular weight is 126 g/mol. The largest absolute Gasteiger partial charge is 0.481 e. The zero-order valence-electron chi connectivity index (χ0n) is 5.72. The summed E-state index contributed by atoms with van der Waals surface area (Å²) < 4.78 is 4.96. The summed E-state index contributed by atoms with van der Waals surface area (Å²) in [7, 11) is 1.61. The van der Waals surface area contributed by atoms with E-state index in [4.69, 9.17) is 10.00 Å². The normalized spacial score (nSPS) is 10.6. The molecule has 0 aliphatic carbocycles. The molecule has 0 aromatic carbocycles. The smallest absolute Gasteiger partial charge is 0.197 e. The van der Waals surface area contributed by atoms with Gasteiger partial charge in [0.2, 0.25) is 0 Å². The Morgan fingerprint density at radius 1 is 1.78 bits per heavy atom. The van der Waals surface area contributed by atoms with Gasteiger partial charge in [-0.15, -0.1) is 0 Å². The highest BCUT2D eigenvalue weighted by Gasteiger charge is 1.93. The van der Waals surface area contributed by atoms with Crippen LogP contribution in [0.5, 0.6) is 0 Å². The van der Waals surface area contributed by atoms with Crippen molar-refractivity contribution in [3.8, 4) is 6.07 Å². The summed E-state index contributed by atoms with van der Waals surface area (Å²) in [5.74, 6) is 0.514. The van der Waals surface area contributed by atoms with Crippen LogP contribution in [0.2, 0.25) is 0 Å². The summed E-state index contributed by atoms with van der Waals surface area (Å²) in [4.78, 5) is 3.74. The van der Waals surface area contributed by atoms with E-state index in [9.17, 15) is 0 Å². The summed E-state index contributed by atoms with van der Waals surface area (Å²) in [5, 5.41) is 8.18. The summed E-state index contributed by atoms with van der Waals surface area (Å²) in [5.41, 5.74) is 0. The number of nitrogens with zero attached hydrogens (tertiary/aromatic N) is 2. The van der Waals surface area contributed by atoms with Crippen molar-refractivity contribution < 1.29 is 4.74 Å². The number of rotatable bonds is 2. The second kappa shape index (κ2) is 5.10. The topological polar surface area (TPSA) is 45.4 Å². The van der Waals surface area contributed by atoms with E-state index in [1.807, 2.05) is 13.0 Å². The molecule has 0 unspecified atom stereocenters. The molecule has 3 heteroatoms. The summed E-state index contributed by atoms with van der Waals surface area (Å²) in [6.45, 7) is 2.44. The third-order valence-corrected chi connectivity index (χ3v) is 0.791. The van der Waals surface area contributed by atoms with Crippen molar-refractivity contribution in [1.82, 2.24) is 0 Å². The maximum Gasteiger partial charge on any atom is 0.197 e. The molecular weight excluding hydrogens is 116 g/mol. The van der Waals surface area contributed by atoms with E-state index in [1.165, 1.54) is 0 Å². The summed E-state index contributed by atoms with van der Waals surface area (Å²) in [6.07, 6.45) is 0.268. The molecule has 0 spiro atoms. The van der Waals surface area contributed by atoms with Gasteiger partial charge in [-0.25, -0.2) is 0 Å². The molecule has 0 aliphatic rings. The first-order chi connectivity index (χ1) is 4.35. The van der Waals surface area contributed by atoms with Gasteiger partial charge >= 0.3 is 0 Å². The number of hydrogen-bond acceptors (Lipinski definition) is 3. The van der Waals surface area contributed by atoms with Gasteiger partial charge in [-0.2, -0.15) is 5.26 Å². The van der Waals surface area contributed by atoms with Gasteiger partial charge in [0.25, 0.3) is 0 Å². The fourth-order valence-corrected chi connectivity index (χ4v) is 0.429. The Kier molecular flexibility index (Phi) is 4.51. The van der Waals surface area contributed by atoms with Gasteiger partial charge in [0, 0.05) is 7.05 Å². The molecule has 0 rings (SSSR count). The van der Waals surface area contributed by atoms with Crippen LogP contribution >= 0.6 is 0 Å². The first kappa shape index (κ1) is 7.96. The molecule has 0 atom stereocenters. The molecule has 0 saturated heterocycles. The molecule has 0 fully saturated rings. The molecule has 0 aliphatic heterocycles. The Morgan fingerprint density at radius 2 is 2.44 bits per heavy atom. The van der Waals surface area contributed by atoms with Crippen LogP contribution in [-0.4, -0.2) is 19.6 Å². The Morgan fingerprint density at radius 3 is 2.78 bits per heavy atom. The van der Waals surface area contributed by atoms with Gasteiger partial charge < -0.3 is 4.74 Å². The lowest BCUT2D eigenvalue weighted by Gasteiger charge is -1.99. The molecule has 50 valence electrons. The van der Waals surface area contributed by atoms with Crippen LogP contribution in [0.1, 0.15) is 13.3 Å². The minimum Gasteiger partial charge on any atom is -0.481 e.